The molecule has 1 atom stereocenters. The summed E-state index contributed by atoms with van der Waals surface area (Å²) in [6.45, 7) is 1.58. The van der Waals surface area contributed by atoms with Crippen molar-refractivity contribution in [2.75, 3.05) is 12.4 Å². The van der Waals surface area contributed by atoms with Crippen LogP contribution < -0.4 is 11.2 Å². The zero-order valence-electron chi connectivity index (χ0n) is 8.04. The molecule has 6 heteroatoms. The molecule has 0 aromatic rings. The van der Waals surface area contributed by atoms with E-state index < -0.39 is 10.7 Å². The maximum absolute atomic E-state index is 11.5. The fraction of sp³-hybridized carbons (Fsp3) is 0.750. The Morgan fingerprint density at radius 3 is 2.86 bits per heavy atom. The topological polar surface area (TPSA) is 81.4 Å². The Bertz CT molecular complexity index is 239. The van der Waals surface area contributed by atoms with Crippen LogP contribution in [0.4, 0.5) is 0 Å². The molecule has 0 spiro atoms. The highest BCUT2D eigenvalue weighted by atomic mass is 32.2. The maximum atomic E-state index is 11.5. The van der Waals surface area contributed by atoms with E-state index >= 15 is 0 Å². The van der Waals surface area contributed by atoms with Gasteiger partial charge in [0.15, 0.2) is 6.61 Å². The number of nitrogens with two attached hydrogens (primary N) is 1. The Labute approximate surface area is 86.7 Å². The number of rotatable bonds is 4. The molecular formula is C8H14N2O3S. The van der Waals surface area contributed by atoms with Gasteiger partial charge in [-0.15, -0.1) is 11.8 Å². The minimum atomic E-state index is -0.602. The molecule has 5 nitrogen and oxygen atoms in total. The van der Waals surface area contributed by atoms with E-state index in [0.29, 0.717) is 0 Å². The molecule has 1 aliphatic heterocycles. The van der Waals surface area contributed by atoms with Crippen LogP contribution in [0.3, 0.4) is 0 Å². The number of primary amides is 1. The molecule has 0 radical (unpaired) electrons. The number of amides is 2. The van der Waals surface area contributed by atoms with Gasteiger partial charge in [0.2, 0.25) is 5.91 Å². The molecule has 0 aliphatic carbocycles. The van der Waals surface area contributed by atoms with Crippen LogP contribution in [0, 0.1) is 0 Å². The van der Waals surface area contributed by atoms with Crippen LogP contribution in [0.5, 0.6) is 0 Å². The van der Waals surface area contributed by atoms with Gasteiger partial charge in [0, 0.05) is 0 Å². The van der Waals surface area contributed by atoms with Crippen molar-refractivity contribution in [3.63, 3.8) is 0 Å². The Hall–Kier alpha value is -0.750. The number of thioether (sulfide) groups is 1. The van der Waals surface area contributed by atoms with Crippen LogP contribution in [0.1, 0.15) is 19.8 Å². The minimum absolute atomic E-state index is 0.193. The molecule has 0 aromatic heterocycles. The summed E-state index contributed by atoms with van der Waals surface area (Å²) in [4.78, 5) is 26.5. The van der Waals surface area contributed by atoms with E-state index in [2.05, 4.69) is 10.3 Å². The number of carbonyl (C=O) groups is 2. The zero-order valence-corrected chi connectivity index (χ0v) is 8.86. The number of hydroxylamine groups is 1. The van der Waals surface area contributed by atoms with E-state index in [1.54, 1.807) is 11.8 Å². The second-order valence-corrected chi connectivity index (χ2v) is 4.97. The second kappa shape index (κ2) is 4.65. The van der Waals surface area contributed by atoms with Gasteiger partial charge >= 0.3 is 0 Å². The van der Waals surface area contributed by atoms with Gasteiger partial charge in [-0.25, -0.2) is 5.48 Å². The van der Waals surface area contributed by atoms with E-state index in [0.717, 1.165) is 18.6 Å². The molecule has 14 heavy (non-hydrogen) atoms. The van der Waals surface area contributed by atoms with Crippen molar-refractivity contribution in [3.8, 4) is 0 Å². The quantitative estimate of drug-likeness (QED) is 0.641. The van der Waals surface area contributed by atoms with Gasteiger partial charge in [-0.2, -0.15) is 0 Å². The molecule has 1 saturated heterocycles. The first-order valence-corrected chi connectivity index (χ1v) is 5.38. The molecule has 1 rings (SSSR count). The van der Waals surface area contributed by atoms with Crippen molar-refractivity contribution in [3.05, 3.63) is 0 Å². The largest absolute Gasteiger partial charge is 0.368 e. The molecule has 2 amide bonds. The summed E-state index contributed by atoms with van der Waals surface area (Å²) in [5, 5.41) is 0. The van der Waals surface area contributed by atoms with Crippen LogP contribution in [-0.2, 0) is 14.4 Å². The predicted octanol–water partition coefficient (Wildman–Crippen LogP) is -0.195. The molecule has 0 aromatic carbocycles. The van der Waals surface area contributed by atoms with Crippen molar-refractivity contribution < 1.29 is 14.4 Å². The first-order chi connectivity index (χ1) is 6.54. The lowest BCUT2D eigenvalue weighted by atomic mass is 10.1. The SMILES string of the molecule is CC1(C(=O)NOCC(N)=O)CCCS1. The van der Waals surface area contributed by atoms with Gasteiger partial charge in [0.1, 0.15) is 0 Å². The smallest absolute Gasteiger partial charge is 0.259 e. The Morgan fingerprint density at radius 2 is 2.36 bits per heavy atom. The predicted molar refractivity (Wildman–Crippen MR) is 53.4 cm³/mol. The van der Waals surface area contributed by atoms with Gasteiger partial charge in [0.25, 0.3) is 5.91 Å². The number of hydrogen-bond acceptors (Lipinski definition) is 4. The Kier molecular flexibility index (Phi) is 3.77. The highest BCUT2D eigenvalue weighted by Crippen LogP contribution is 2.37. The van der Waals surface area contributed by atoms with Gasteiger partial charge in [-0.05, 0) is 25.5 Å². The second-order valence-electron chi connectivity index (χ2n) is 3.37. The summed E-state index contributed by atoms with van der Waals surface area (Å²) in [7, 11) is 0. The number of carbonyl (C=O) groups excluding carboxylic acids is 2. The number of nitrogens with one attached hydrogen (secondary N) is 1. The summed E-state index contributed by atoms with van der Waals surface area (Å²) < 4.78 is -0.419. The standard InChI is InChI=1S/C8H14N2O3S/c1-8(3-2-4-14-8)7(12)10-13-5-6(9)11/h2-5H2,1H3,(H2,9,11)(H,10,12). The first-order valence-electron chi connectivity index (χ1n) is 4.39. The summed E-state index contributed by atoms with van der Waals surface area (Å²) in [5.74, 6) is 0.190. The van der Waals surface area contributed by atoms with Crippen molar-refractivity contribution in [1.29, 1.82) is 0 Å². The lowest BCUT2D eigenvalue weighted by Gasteiger charge is -2.20. The van der Waals surface area contributed by atoms with Crippen LogP contribution in [0.2, 0.25) is 0 Å². The minimum Gasteiger partial charge on any atom is -0.368 e. The first kappa shape index (κ1) is 11.3. The highest BCUT2D eigenvalue weighted by molar-refractivity contribution is 8.01. The highest BCUT2D eigenvalue weighted by Gasteiger charge is 2.37. The average Bonchev–Trinajstić information content (AvgIpc) is 2.52. The normalized spacial score (nSPS) is 26.1. The lowest BCUT2D eigenvalue weighted by molar-refractivity contribution is -0.139. The third-order valence-electron chi connectivity index (χ3n) is 2.08. The molecule has 1 unspecified atom stereocenters. The van der Waals surface area contributed by atoms with Crippen molar-refractivity contribution in [2.45, 2.75) is 24.5 Å². The maximum Gasteiger partial charge on any atom is 0.259 e. The van der Waals surface area contributed by atoms with E-state index in [9.17, 15) is 9.59 Å². The van der Waals surface area contributed by atoms with E-state index in [4.69, 9.17) is 5.73 Å². The molecule has 1 heterocycles. The van der Waals surface area contributed by atoms with Crippen LogP contribution in [0.15, 0.2) is 0 Å². The van der Waals surface area contributed by atoms with Crippen LogP contribution in [-0.4, -0.2) is 28.9 Å². The molecule has 1 aliphatic rings. The fourth-order valence-corrected chi connectivity index (χ4v) is 2.44. The van der Waals surface area contributed by atoms with E-state index in [-0.39, 0.29) is 12.5 Å². The Morgan fingerprint density at radius 1 is 1.64 bits per heavy atom. The van der Waals surface area contributed by atoms with Crippen LogP contribution >= 0.6 is 11.8 Å². The Balaban J connectivity index is 2.30. The van der Waals surface area contributed by atoms with Gasteiger partial charge < -0.3 is 5.73 Å². The van der Waals surface area contributed by atoms with Gasteiger partial charge in [-0.1, -0.05) is 0 Å². The summed E-state index contributed by atoms with van der Waals surface area (Å²) in [5.41, 5.74) is 7.08. The van der Waals surface area contributed by atoms with Crippen molar-refractivity contribution >= 4 is 23.6 Å². The summed E-state index contributed by atoms with van der Waals surface area (Å²) in [6.07, 6.45) is 1.87. The average molecular weight is 218 g/mol. The van der Waals surface area contributed by atoms with Crippen LogP contribution in [0.25, 0.3) is 0 Å². The monoisotopic (exact) mass is 218 g/mol. The lowest BCUT2D eigenvalue weighted by Crippen LogP contribution is -2.41. The fourth-order valence-electron chi connectivity index (χ4n) is 1.24. The third-order valence-corrected chi connectivity index (χ3v) is 3.60. The zero-order chi connectivity index (χ0) is 10.6. The molecule has 0 saturated carbocycles. The molecule has 80 valence electrons. The van der Waals surface area contributed by atoms with Crippen molar-refractivity contribution in [2.24, 2.45) is 5.73 Å². The molecule has 0 bridgehead atoms. The third kappa shape index (κ3) is 2.88. The molecular weight excluding hydrogens is 204 g/mol. The van der Waals surface area contributed by atoms with Crippen molar-refractivity contribution in [1.82, 2.24) is 5.48 Å². The molecule has 3 N–H and O–H groups in total. The van der Waals surface area contributed by atoms with Gasteiger partial charge in [-0.3, -0.25) is 14.4 Å². The van der Waals surface area contributed by atoms with E-state index in [1.807, 2.05) is 6.92 Å². The van der Waals surface area contributed by atoms with E-state index in [1.165, 1.54) is 0 Å². The number of hydrogen-bond donors (Lipinski definition) is 2. The summed E-state index contributed by atoms with van der Waals surface area (Å²) in [6, 6.07) is 0. The molecule has 1 fully saturated rings. The van der Waals surface area contributed by atoms with Gasteiger partial charge in [0.05, 0.1) is 4.75 Å². The summed E-state index contributed by atoms with van der Waals surface area (Å²) >= 11 is 1.60.